The van der Waals surface area contributed by atoms with Gasteiger partial charge in [-0.1, -0.05) is 6.07 Å². The highest BCUT2D eigenvalue weighted by Crippen LogP contribution is 2.00. The second kappa shape index (κ2) is 6.07. The Kier molecular flexibility index (Phi) is 4.72. The smallest absolute Gasteiger partial charge is 0.352 e. The Morgan fingerprint density at radius 2 is 2.19 bits per heavy atom. The van der Waals surface area contributed by atoms with E-state index in [1.807, 2.05) is 0 Å². The summed E-state index contributed by atoms with van der Waals surface area (Å²) in [5.74, 6) is -1.08. The molecule has 0 spiro atoms. The summed E-state index contributed by atoms with van der Waals surface area (Å²) >= 11 is 0. The van der Waals surface area contributed by atoms with Gasteiger partial charge in [-0.15, -0.1) is 0 Å². The average Bonchev–Trinajstić information content (AvgIpc) is 2.25. The SMILES string of the molecule is COCCCCn1c(C(=O)O)cccc1=O. The molecule has 1 heterocycles. The first-order valence-electron chi connectivity index (χ1n) is 5.09. The van der Waals surface area contributed by atoms with E-state index in [0.29, 0.717) is 13.2 Å². The Morgan fingerprint density at radius 1 is 1.44 bits per heavy atom. The maximum absolute atomic E-state index is 11.5. The number of hydrogen-bond donors (Lipinski definition) is 1. The van der Waals surface area contributed by atoms with Gasteiger partial charge in [0.2, 0.25) is 0 Å². The molecule has 0 aliphatic rings. The Labute approximate surface area is 93.3 Å². The van der Waals surface area contributed by atoms with Gasteiger partial charge in [0, 0.05) is 26.3 Å². The van der Waals surface area contributed by atoms with Crippen molar-refractivity contribution < 1.29 is 14.6 Å². The van der Waals surface area contributed by atoms with Crippen molar-refractivity contribution in [3.63, 3.8) is 0 Å². The van der Waals surface area contributed by atoms with Crippen LogP contribution in [0, 0.1) is 0 Å². The van der Waals surface area contributed by atoms with Crippen LogP contribution in [0.2, 0.25) is 0 Å². The summed E-state index contributed by atoms with van der Waals surface area (Å²) in [6.07, 6.45) is 1.52. The van der Waals surface area contributed by atoms with E-state index in [1.165, 1.54) is 22.8 Å². The molecule has 0 atom stereocenters. The second-order valence-corrected chi connectivity index (χ2v) is 3.41. The number of carboxylic acid groups (broad SMARTS) is 1. The molecular weight excluding hydrogens is 210 g/mol. The van der Waals surface area contributed by atoms with Crippen molar-refractivity contribution in [1.82, 2.24) is 4.57 Å². The monoisotopic (exact) mass is 225 g/mol. The van der Waals surface area contributed by atoms with Gasteiger partial charge in [-0.05, 0) is 18.9 Å². The minimum Gasteiger partial charge on any atom is -0.477 e. The lowest BCUT2D eigenvalue weighted by atomic mass is 10.3. The van der Waals surface area contributed by atoms with Crippen LogP contribution in [0.3, 0.4) is 0 Å². The van der Waals surface area contributed by atoms with Gasteiger partial charge >= 0.3 is 5.97 Å². The maximum Gasteiger partial charge on any atom is 0.352 e. The molecule has 0 amide bonds. The minimum atomic E-state index is -1.08. The van der Waals surface area contributed by atoms with Gasteiger partial charge in [-0.25, -0.2) is 4.79 Å². The topological polar surface area (TPSA) is 68.5 Å². The molecule has 1 rings (SSSR count). The maximum atomic E-state index is 11.5. The first-order valence-corrected chi connectivity index (χ1v) is 5.09. The van der Waals surface area contributed by atoms with Crippen LogP contribution in [0.25, 0.3) is 0 Å². The summed E-state index contributed by atoms with van der Waals surface area (Å²) in [6, 6.07) is 4.25. The first-order chi connectivity index (χ1) is 7.66. The molecule has 0 saturated heterocycles. The summed E-state index contributed by atoms with van der Waals surface area (Å²) in [5.41, 5.74) is -0.248. The Balaban J connectivity index is 2.77. The molecule has 1 aromatic heterocycles. The summed E-state index contributed by atoms with van der Waals surface area (Å²) in [7, 11) is 1.61. The van der Waals surface area contributed by atoms with E-state index < -0.39 is 5.97 Å². The first kappa shape index (κ1) is 12.4. The van der Waals surface area contributed by atoms with E-state index in [4.69, 9.17) is 9.84 Å². The number of methoxy groups -OCH3 is 1. The second-order valence-electron chi connectivity index (χ2n) is 3.41. The zero-order valence-electron chi connectivity index (χ0n) is 9.18. The number of carboxylic acids is 1. The van der Waals surface area contributed by atoms with Crippen LogP contribution in [0.4, 0.5) is 0 Å². The third kappa shape index (κ3) is 3.20. The van der Waals surface area contributed by atoms with E-state index in [9.17, 15) is 9.59 Å². The lowest BCUT2D eigenvalue weighted by Crippen LogP contribution is -2.25. The quantitative estimate of drug-likeness (QED) is 0.732. The number of nitrogens with zero attached hydrogens (tertiary/aromatic N) is 1. The number of pyridine rings is 1. The highest BCUT2D eigenvalue weighted by atomic mass is 16.5. The van der Waals surface area contributed by atoms with Crippen molar-refractivity contribution in [3.8, 4) is 0 Å². The summed E-state index contributed by atoms with van der Waals surface area (Å²) in [5, 5.41) is 8.91. The molecule has 0 aliphatic carbocycles. The third-order valence-corrected chi connectivity index (χ3v) is 2.25. The Bertz CT molecular complexity index is 411. The molecule has 1 aromatic rings. The lowest BCUT2D eigenvalue weighted by molar-refractivity contribution is 0.0683. The molecule has 0 saturated carbocycles. The zero-order chi connectivity index (χ0) is 12.0. The van der Waals surface area contributed by atoms with Crippen LogP contribution >= 0.6 is 0 Å². The molecule has 5 heteroatoms. The summed E-state index contributed by atoms with van der Waals surface area (Å²) < 4.78 is 6.16. The van der Waals surface area contributed by atoms with Crippen molar-refractivity contribution in [1.29, 1.82) is 0 Å². The molecular formula is C11H15NO4. The van der Waals surface area contributed by atoms with E-state index in [0.717, 1.165) is 12.8 Å². The van der Waals surface area contributed by atoms with E-state index >= 15 is 0 Å². The number of hydrogen-bond acceptors (Lipinski definition) is 3. The van der Waals surface area contributed by atoms with Crippen LogP contribution in [0.15, 0.2) is 23.0 Å². The third-order valence-electron chi connectivity index (χ3n) is 2.25. The average molecular weight is 225 g/mol. The summed E-state index contributed by atoms with van der Waals surface area (Å²) in [6.45, 7) is 1.02. The van der Waals surface area contributed by atoms with Gasteiger partial charge < -0.3 is 14.4 Å². The molecule has 0 fully saturated rings. The number of unbranched alkanes of at least 4 members (excludes halogenated alkanes) is 1. The van der Waals surface area contributed by atoms with Gasteiger partial charge in [-0.3, -0.25) is 4.79 Å². The fourth-order valence-corrected chi connectivity index (χ4v) is 1.45. The van der Waals surface area contributed by atoms with Crippen LogP contribution < -0.4 is 5.56 Å². The van der Waals surface area contributed by atoms with Gasteiger partial charge in [0.05, 0.1) is 0 Å². The van der Waals surface area contributed by atoms with Gasteiger partial charge in [-0.2, -0.15) is 0 Å². The van der Waals surface area contributed by atoms with Gasteiger partial charge in [0.1, 0.15) is 5.69 Å². The molecule has 0 radical (unpaired) electrons. The molecule has 0 bridgehead atoms. The van der Waals surface area contributed by atoms with Crippen molar-refractivity contribution in [2.24, 2.45) is 0 Å². The van der Waals surface area contributed by atoms with Gasteiger partial charge in [0.15, 0.2) is 0 Å². The van der Waals surface area contributed by atoms with Crippen LogP contribution in [-0.2, 0) is 11.3 Å². The van der Waals surface area contributed by atoms with Crippen LogP contribution in [0.1, 0.15) is 23.3 Å². The van der Waals surface area contributed by atoms with Crippen LogP contribution in [0.5, 0.6) is 0 Å². The van der Waals surface area contributed by atoms with Crippen molar-refractivity contribution >= 4 is 5.97 Å². The fourth-order valence-electron chi connectivity index (χ4n) is 1.45. The lowest BCUT2D eigenvalue weighted by Gasteiger charge is -2.08. The summed E-state index contributed by atoms with van der Waals surface area (Å²) in [4.78, 5) is 22.4. The minimum absolute atomic E-state index is 0.0323. The Hall–Kier alpha value is -1.62. The Morgan fingerprint density at radius 3 is 2.81 bits per heavy atom. The van der Waals surface area contributed by atoms with Crippen molar-refractivity contribution in [3.05, 3.63) is 34.2 Å². The number of aromatic carboxylic acids is 1. The van der Waals surface area contributed by atoms with Crippen molar-refractivity contribution in [2.75, 3.05) is 13.7 Å². The molecule has 0 aliphatic heterocycles. The highest BCUT2D eigenvalue weighted by Gasteiger charge is 2.09. The number of aromatic nitrogens is 1. The van der Waals surface area contributed by atoms with E-state index in [1.54, 1.807) is 7.11 Å². The molecule has 1 N–H and O–H groups in total. The predicted molar refractivity (Wildman–Crippen MR) is 58.8 cm³/mol. The number of ether oxygens (including phenoxy) is 1. The standard InChI is InChI=1S/C11H15NO4/c1-16-8-3-2-7-12-9(11(14)15)5-4-6-10(12)13/h4-6H,2-3,7-8H2,1H3,(H,14,15). The zero-order valence-corrected chi connectivity index (χ0v) is 9.18. The number of carbonyl (C=O) groups is 1. The van der Waals surface area contributed by atoms with Crippen LogP contribution in [-0.4, -0.2) is 29.4 Å². The number of rotatable bonds is 6. The molecule has 16 heavy (non-hydrogen) atoms. The van der Waals surface area contributed by atoms with E-state index in [2.05, 4.69) is 0 Å². The fraction of sp³-hybridized carbons (Fsp3) is 0.455. The molecule has 5 nitrogen and oxygen atoms in total. The molecule has 0 unspecified atom stereocenters. The normalized spacial score (nSPS) is 10.3. The van der Waals surface area contributed by atoms with Gasteiger partial charge in [0.25, 0.3) is 5.56 Å². The molecule has 88 valence electrons. The highest BCUT2D eigenvalue weighted by molar-refractivity contribution is 5.85. The molecule has 0 aromatic carbocycles. The van der Waals surface area contributed by atoms with E-state index in [-0.39, 0.29) is 11.3 Å². The van der Waals surface area contributed by atoms with Crippen molar-refractivity contribution in [2.45, 2.75) is 19.4 Å². The largest absolute Gasteiger partial charge is 0.477 e. The predicted octanol–water partition coefficient (Wildman–Crippen LogP) is 0.973.